The molecule has 1 atom stereocenters. The van der Waals surface area contributed by atoms with Crippen molar-refractivity contribution >= 4 is 27.5 Å². The average molecular weight is 329 g/mol. The van der Waals surface area contributed by atoms with Crippen molar-refractivity contribution in [3.05, 3.63) is 28.8 Å². The van der Waals surface area contributed by atoms with E-state index in [1.807, 2.05) is 0 Å². The summed E-state index contributed by atoms with van der Waals surface area (Å²) in [6, 6.07) is 4.81. The Balaban J connectivity index is 1.89. The van der Waals surface area contributed by atoms with Crippen LogP contribution in [0, 0.1) is 5.92 Å². The SMILES string of the molecule is NS(=O)(=O)c1cc(C2=NC(C3CCCC3)CO2)ccc1Cl. The van der Waals surface area contributed by atoms with Crippen molar-refractivity contribution in [3.8, 4) is 0 Å². The minimum Gasteiger partial charge on any atom is -0.475 e. The smallest absolute Gasteiger partial charge is 0.239 e. The van der Waals surface area contributed by atoms with Crippen LogP contribution in [0.1, 0.15) is 31.2 Å². The van der Waals surface area contributed by atoms with Gasteiger partial charge in [-0.2, -0.15) is 0 Å². The van der Waals surface area contributed by atoms with Crippen LogP contribution in [0.15, 0.2) is 28.1 Å². The van der Waals surface area contributed by atoms with E-state index in [0.717, 1.165) is 0 Å². The molecule has 1 aliphatic carbocycles. The minimum absolute atomic E-state index is 0.0997. The van der Waals surface area contributed by atoms with Gasteiger partial charge in [0.05, 0.1) is 11.1 Å². The highest BCUT2D eigenvalue weighted by atomic mass is 35.5. The van der Waals surface area contributed by atoms with Gasteiger partial charge in [-0.1, -0.05) is 24.4 Å². The molecule has 0 aromatic heterocycles. The number of nitrogens with two attached hydrogens (primary N) is 1. The van der Waals surface area contributed by atoms with Crippen LogP contribution in [0.5, 0.6) is 0 Å². The van der Waals surface area contributed by atoms with Gasteiger partial charge in [-0.05, 0) is 37.0 Å². The topological polar surface area (TPSA) is 81.8 Å². The van der Waals surface area contributed by atoms with Gasteiger partial charge in [-0.3, -0.25) is 0 Å². The maximum atomic E-state index is 11.5. The van der Waals surface area contributed by atoms with Crippen molar-refractivity contribution in [1.29, 1.82) is 0 Å². The number of nitrogens with zero attached hydrogens (tertiary/aromatic N) is 1. The number of aliphatic imine (C=N–C) groups is 1. The van der Waals surface area contributed by atoms with E-state index in [2.05, 4.69) is 4.99 Å². The van der Waals surface area contributed by atoms with Gasteiger partial charge in [0.25, 0.3) is 0 Å². The second-order valence-electron chi connectivity index (χ2n) is 5.55. The highest BCUT2D eigenvalue weighted by molar-refractivity contribution is 7.89. The van der Waals surface area contributed by atoms with Crippen molar-refractivity contribution in [2.45, 2.75) is 36.6 Å². The Kier molecular flexibility index (Phi) is 3.94. The van der Waals surface area contributed by atoms with Gasteiger partial charge in [-0.15, -0.1) is 0 Å². The number of hydrogen-bond acceptors (Lipinski definition) is 4. The van der Waals surface area contributed by atoms with Crippen LogP contribution in [0.25, 0.3) is 0 Å². The molecule has 0 bridgehead atoms. The Hall–Kier alpha value is -1.11. The lowest BCUT2D eigenvalue weighted by molar-refractivity contribution is 0.279. The lowest BCUT2D eigenvalue weighted by atomic mass is 10.00. The summed E-state index contributed by atoms with van der Waals surface area (Å²) in [7, 11) is -3.86. The lowest BCUT2D eigenvalue weighted by Crippen LogP contribution is -2.16. The zero-order valence-electron chi connectivity index (χ0n) is 11.5. The third kappa shape index (κ3) is 3.07. The first-order valence-corrected chi connectivity index (χ1v) is 8.91. The minimum atomic E-state index is -3.86. The Morgan fingerprint density at radius 2 is 2.00 bits per heavy atom. The van der Waals surface area contributed by atoms with Gasteiger partial charge in [0.15, 0.2) is 0 Å². The molecule has 1 aromatic rings. The van der Waals surface area contributed by atoms with Crippen LogP contribution < -0.4 is 5.14 Å². The fraction of sp³-hybridized carbons (Fsp3) is 0.500. The first-order chi connectivity index (χ1) is 9.95. The van der Waals surface area contributed by atoms with E-state index in [4.69, 9.17) is 21.5 Å². The molecule has 1 aliphatic heterocycles. The summed E-state index contributed by atoms with van der Waals surface area (Å²) in [5.74, 6) is 1.06. The van der Waals surface area contributed by atoms with Crippen molar-refractivity contribution in [1.82, 2.24) is 0 Å². The maximum Gasteiger partial charge on any atom is 0.239 e. The number of benzene rings is 1. The Morgan fingerprint density at radius 1 is 1.29 bits per heavy atom. The summed E-state index contributed by atoms with van der Waals surface area (Å²) in [5.41, 5.74) is 0.601. The van der Waals surface area contributed by atoms with Crippen LogP contribution in [0.2, 0.25) is 5.02 Å². The Morgan fingerprint density at radius 3 is 2.67 bits per heavy atom. The largest absolute Gasteiger partial charge is 0.475 e. The molecule has 1 heterocycles. The highest BCUT2D eigenvalue weighted by Gasteiger charge is 2.30. The normalized spacial score (nSPS) is 23.1. The monoisotopic (exact) mass is 328 g/mol. The van der Waals surface area contributed by atoms with Gasteiger partial charge >= 0.3 is 0 Å². The predicted octanol–water partition coefficient (Wildman–Crippen LogP) is 2.32. The third-order valence-corrected chi connectivity index (χ3v) is 5.50. The molecule has 3 rings (SSSR count). The molecule has 0 spiro atoms. The molecule has 1 aromatic carbocycles. The fourth-order valence-electron chi connectivity index (χ4n) is 2.99. The highest BCUT2D eigenvalue weighted by Crippen LogP contribution is 2.32. The van der Waals surface area contributed by atoms with Crippen LogP contribution in [0.3, 0.4) is 0 Å². The van der Waals surface area contributed by atoms with Crippen molar-refractivity contribution in [3.63, 3.8) is 0 Å². The van der Waals surface area contributed by atoms with E-state index < -0.39 is 10.0 Å². The lowest BCUT2D eigenvalue weighted by Gasteiger charge is -2.11. The van der Waals surface area contributed by atoms with E-state index in [9.17, 15) is 8.42 Å². The number of halogens is 1. The molecule has 2 aliphatic rings. The molecule has 0 saturated heterocycles. The van der Waals surface area contributed by atoms with Crippen LogP contribution in [0.4, 0.5) is 0 Å². The molecule has 0 amide bonds. The number of ether oxygens (including phenoxy) is 1. The molecule has 5 nitrogen and oxygen atoms in total. The van der Waals surface area contributed by atoms with E-state index in [1.54, 1.807) is 6.07 Å². The molecular formula is C14H17ClN2O3S. The molecule has 2 N–H and O–H groups in total. The number of rotatable bonds is 3. The molecule has 1 fully saturated rings. The zero-order chi connectivity index (χ0) is 15.0. The molecule has 21 heavy (non-hydrogen) atoms. The molecule has 1 saturated carbocycles. The van der Waals surface area contributed by atoms with Gasteiger partial charge in [-0.25, -0.2) is 18.5 Å². The third-order valence-electron chi connectivity index (χ3n) is 4.10. The summed E-state index contributed by atoms with van der Waals surface area (Å²) in [6.45, 7) is 0.563. The summed E-state index contributed by atoms with van der Waals surface area (Å²) in [6.07, 6.45) is 4.88. The van der Waals surface area contributed by atoms with E-state index >= 15 is 0 Å². The number of hydrogen-bond donors (Lipinski definition) is 1. The van der Waals surface area contributed by atoms with Crippen molar-refractivity contribution in [2.24, 2.45) is 16.0 Å². The number of primary sulfonamides is 1. The van der Waals surface area contributed by atoms with Gasteiger partial charge in [0.2, 0.25) is 15.9 Å². The van der Waals surface area contributed by atoms with Crippen LogP contribution >= 0.6 is 11.6 Å². The van der Waals surface area contributed by atoms with E-state index in [-0.39, 0.29) is 16.0 Å². The Bertz CT molecular complexity index is 681. The number of sulfonamides is 1. The van der Waals surface area contributed by atoms with Gasteiger partial charge in [0.1, 0.15) is 11.5 Å². The van der Waals surface area contributed by atoms with Crippen LogP contribution in [-0.4, -0.2) is 27.0 Å². The molecule has 7 heteroatoms. The molecule has 1 unspecified atom stereocenters. The molecule has 114 valence electrons. The van der Waals surface area contributed by atoms with Crippen molar-refractivity contribution in [2.75, 3.05) is 6.61 Å². The first-order valence-electron chi connectivity index (χ1n) is 6.98. The first kappa shape index (κ1) is 14.8. The van der Waals surface area contributed by atoms with Crippen molar-refractivity contribution < 1.29 is 13.2 Å². The predicted molar refractivity (Wildman–Crippen MR) is 81.1 cm³/mol. The standard InChI is InChI=1S/C14H17ClN2O3S/c15-11-6-5-10(7-13(11)21(16,18)19)14-17-12(8-20-14)9-3-1-2-4-9/h5-7,9,12H,1-4,8H2,(H2,16,18,19). The second kappa shape index (κ2) is 5.59. The quantitative estimate of drug-likeness (QED) is 0.924. The summed E-state index contributed by atoms with van der Waals surface area (Å²) in [4.78, 5) is 4.51. The summed E-state index contributed by atoms with van der Waals surface area (Å²) < 4.78 is 28.7. The molecular weight excluding hydrogens is 312 g/mol. The zero-order valence-corrected chi connectivity index (χ0v) is 13.0. The van der Waals surface area contributed by atoms with Gasteiger partial charge < -0.3 is 4.74 Å². The fourth-order valence-corrected chi connectivity index (χ4v) is 4.06. The maximum absolute atomic E-state index is 11.5. The van der Waals surface area contributed by atoms with Crippen LogP contribution in [-0.2, 0) is 14.8 Å². The van der Waals surface area contributed by atoms with Gasteiger partial charge in [0, 0.05) is 5.56 Å². The summed E-state index contributed by atoms with van der Waals surface area (Å²) >= 11 is 5.88. The average Bonchev–Trinajstić information content (AvgIpc) is 3.09. The Labute approximate surface area is 129 Å². The second-order valence-corrected chi connectivity index (χ2v) is 7.48. The van der Waals surface area contributed by atoms with E-state index in [1.165, 1.54) is 37.8 Å². The van der Waals surface area contributed by atoms with E-state index in [0.29, 0.717) is 24.0 Å². The molecule has 0 radical (unpaired) electrons. The summed E-state index contributed by atoms with van der Waals surface area (Å²) in [5, 5.41) is 5.26.